The highest BCUT2D eigenvalue weighted by Gasteiger charge is 2.18. The number of aromatic nitrogens is 1. The van der Waals surface area contributed by atoms with Gasteiger partial charge in [-0.2, -0.15) is 0 Å². The van der Waals surface area contributed by atoms with Gasteiger partial charge < -0.3 is 10.3 Å². The van der Waals surface area contributed by atoms with Gasteiger partial charge in [-0.25, -0.2) is 4.39 Å². The number of aryl methyl sites for hydroxylation is 1. The zero-order valence-corrected chi connectivity index (χ0v) is 8.56. The van der Waals surface area contributed by atoms with Gasteiger partial charge in [0.25, 0.3) is 5.91 Å². The highest BCUT2D eigenvalue weighted by molar-refractivity contribution is 5.93. The van der Waals surface area contributed by atoms with Gasteiger partial charge in [0.2, 0.25) is 0 Å². The molecule has 0 bridgehead atoms. The lowest BCUT2D eigenvalue weighted by Crippen LogP contribution is -2.22. The predicted octanol–water partition coefficient (Wildman–Crippen LogP) is 2.02. The lowest BCUT2D eigenvalue weighted by Gasteiger charge is -2.05. The molecule has 0 spiro atoms. The van der Waals surface area contributed by atoms with E-state index in [-0.39, 0.29) is 11.7 Å². The van der Waals surface area contributed by atoms with E-state index < -0.39 is 0 Å². The van der Waals surface area contributed by atoms with Crippen LogP contribution in [0, 0.1) is 0 Å². The second-order valence-electron chi connectivity index (χ2n) is 3.53. The molecule has 2 N–H and O–H groups in total. The second kappa shape index (κ2) is 3.88. The normalized spacial score (nSPS) is 14.4. The molecular formula is C11H13FN2O. The summed E-state index contributed by atoms with van der Waals surface area (Å²) in [7, 11) is 0. The molecule has 1 aromatic rings. The maximum Gasteiger partial charge on any atom is 0.267 e. The Kier molecular flexibility index (Phi) is 2.58. The van der Waals surface area contributed by atoms with E-state index in [1.54, 1.807) is 12.1 Å². The fourth-order valence-corrected chi connectivity index (χ4v) is 1.74. The summed E-state index contributed by atoms with van der Waals surface area (Å²) in [4.78, 5) is 14.3. The first-order valence-electron chi connectivity index (χ1n) is 5.08. The summed E-state index contributed by atoms with van der Waals surface area (Å²) >= 11 is 0. The number of carbonyl (C=O) groups excluding carboxylic acids is 1. The summed E-state index contributed by atoms with van der Waals surface area (Å²) in [6.07, 6.45) is 3.03. The van der Waals surface area contributed by atoms with E-state index in [0.29, 0.717) is 24.4 Å². The third-order valence-corrected chi connectivity index (χ3v) is 2.46. The van der Waals surface area contributed by atoms with Crippen LogP contribution < -0.4 is 5.32 Å². The molecule has 15 heavy (non-hydrogen) atoms. The standard InChI is InChI=1S/C11H13FN2O/c1-2-13-11(15)9-6-7-4-3-5-8(12)10(7)14-9/h5-6,14H,2-4H2,1H3,(H,13,15). The van der Waals surface area contributed by atoms with Crippen molar-refractivity contribution in [3.8, 4) is 0 Å². The van der Waals surface area contributed by atoms with E-state index in [1.165, 1.54) is 0 Å². The molecule has 1 amide bonds. The number of allylic oxidation sites excluding steroid dienone is 1. The first-order valence-corrected chi connectivity index (χ1v) is 5.08. The smallest absolute Gasteiger partial charge is 0.267 e. The molecule has 0 radical (unpaired) electrons. The van der Waals surface area contributed by atoms with Gasteiger partial charge in [0.15, 0.2) is 0 Å². The molecule has 1 heterocycles. The Morgan fingerprint density at radius 1 is 1.67 bits per heavy atom. The molecule has 0 unspecified atom stereocenters. The van der Waals surface area contributed by atoms with Crippen LogP contribution in [0.5, 0.6) is 0 Å². The molecule has 0 aliphatic heterocycles. The Bertz CT molecular complexity index is 420. The number of amides is 1. The van der Waals surface area contributed by atoms with E-state index >= 15 is 0 Å². The van der Waals surface area contributed by atoms with E-state index in [9.17, 15) is 9.18 Å². The van der Waals surface area contributed by atoms with E-state index in [0.717, 1.165) is 12.0 Å². The van der Waals surface area contributed by atoms with Crippen LogP contribution in [-0.2, 0) is 6.42 Å². The maximum absolute atomic E-state index is 13.3. The molecule has 80 valence electrons. The molecule has 0 saturated heterocycles. The Hall–Kier alpha value is -1.58. The Labute approximate surface area is 87.4 Å². The van der Waals surface area contributed by atoms with Crippen molar-refractivity contribution in [3.63, 3.8) is 0 Å². The second-order valence-corrected chi connectivity index (χ2v) is 3.53. The molecule has 0 fully saturated rings. The highest BCUT2D eigenvalue weighted by Crippen LogP contribution is 2.27. The monoisotopic (exact) mass is 208 g/mol. The number of hydrogen-bond donors (Lipinski definition) is 2. The number of halogens is 1. The molecule has 0 atom stereocenters. The lowest BCUT2D eigenvalue weighted by atomic mass is 10.0. The van der Waals surface area contributed by atoms with Crippen molar-refractivity contribution < 1.29 is 9.18 Å². The van der Waals surface area contributed by atoms with Crippen molar-refractivity contribution in [2.24, 2.45) is 0 Å². The van der Waals surface area contributed by atoms with Gasteiger partial charge in [-0.3, -0.25) is 4.79 Å². The largest absolute Gasteiger partial charge is 0.351 e. The number of aromatic amines is 1. The van der Waals surface area contributed by atoms with Crippen molar-refractivity contribution in [2.45, 2.75) is 19.8 Å². The van der Waals surface area contributed by atoms with Crippen LogP contribution in [-0.4, -0.2) is 17.4 Å². The van der Waals surface area contributed by atoms with Crippen molar-refractivity contribution in [2.75, 3.05) is 6.54 Å². The van der Waals surface area contributed by atoms with Gasteiger partial charge >= 0.3 is 0 Å². The first kappa shape index (κ1) is 9.96. The molecule has 0 saturated carbocycles. The van der Waals surface area contributed by atoms with Crippen LogP contribution in [0.25, 0.3) is 5.83 Å². The number of hydrogen-bond acceptors (Lipinski definition) is 1. The van der Waals surface area contributed by atoms with Gasteiger partial charge in [0.1, 0.15) is 11.5 Å². The Morgan fingerprint density at radius 2 is 2.47 bits per heavy atom. The average molecular weight is 208 g/mol. The zero-order chi connectivity index (χ0) is 10.8. The Morgan fingerprint density at radius 3 is 3.13 bits per heavy atom. The van der Waals surface area contributed by atoms with Crippen molar-refractivity contribution in [1.29, 1.82) is 0 Å². The zero-order valence-electron chi connectivity index (χ0n) is 8.56. The van der Waals surface area contributed by atoms with E-state index in [4.69, 9.17) is 0 Å². The topological polar surface area (TPSA) is 44.9 Å². The molecule has 1 aromatic heterocycles. The third-order valence-electron chi connectivity index (χ3n) is 2.46. The van der Waals surface area contributed by atoms with Crippen LogP contribution in [0.1, 0.15) is 35.1 Å². The van der Waals surface area contributed by atoms with Crippen LogP contribution in [0.3, 0.4) is 0 Å². The van der Waals surface area contributed by atoms with Crippen LogP contribution in [0.15, 0.2) is 12.1 Å². The minimum Gasteiger partial charge on any atom is -0.351 e. The summed E-state index contributed by atoms with van der Waals surface area (Å²) in [6, 6.07) is 1.73. The van der Waals surface area contributed by atoms with Gasteiger partial charge in [0.05, 0.1) is 5.69 Å². The number of carbonyl (C=O) groups is 1. The molecule has 1 aliphatic rings. The van der Waals surface area contributed by atoms with Crippen molar-refractivity contribution in [1.82, 2.24) is 10.3 Å². The molecule has 0 aromatic carbocycles. The fraction of sp³-hybridized carbons (Fsp3) is 0.364. The third kappa shape index (κ3) is 1.79. The summed E-state index contributed by atoms with van der Waals surface area (Å²) in [6.45, 7) is 2.42. The molecular weight excluding hydrogens is 195 g/mol. The summed E-state index contributed by atoms with van der Waals surface area (Å²) in [5, 5.41) is 2.67. The lowest BCUT2D eigenvalue weighted by molar-refractivity contribution is 0.0951. The van der Waals surface area contributed by atoms with Crippen LogP contribution in [0.2, 0.25) is 0 Å². The van der Waals surface area contributed by atoms with Crippen molar-refractivity contribution >= 4 is 11.7 Å². The predicted molar refractivity (Wildman–Crippen MR) is 56.2 cm³/mol. The number of fused-ring (bicyclic) bond motifs is 1. The van der Waals surface area contributed by atoms with Gasteiger partial charge in [-0.05, 0) is 37.5 Å². The maximum atomic E-state index is 13.3. The van der Waals surface area contributed by atoms with E-state index in [2.05, 4.69) is 10.3 Å². The van der Waals surface area contributed by atoms with Gasteiger partial charge in [-0.1, -0.05) is 0 Å². The number of H-pyrrole nitrogens is 1. The molecule has 4 heteroatoms. The molecule has 1 aliphatic carbocycles. The van der Waals surface area contributed by atoms with E-state index in [1.807, 2.05) is 6.92 Å². The Balaban J connectivity index is 2.30. The van der Waals surface area contributed by atoms with Crippen LogP contribution in [0.4, 0.5) is 4.39 Å². The molecule has 2 rings (SSSR count). The summed E-state index contributed by atoms with van der Waals surface area (Å²) in [5.74, 6) is -0.438. The minimum atomic E-state index is -0.258. The SMILES string of the molecule is CCNC(=O)c1cc2c([nH]1)C(F)=CCC2. The molecule has 3 nitrogen and oxygen atoms in total. The number of nitrogens with one attached hydrogen (secondary N) is 2. The first-order chi connectivity index (χ1) is 7.22. The quantitative estimate of drug-likeness (QED) is 0.767. The fourth-order valence-electron chi connectivity index (χ4n) is 1.74. The van der Waals surface area contributed by atoms with Gasteiger partial charge in [-0.15, -0.1) is 0 Å². The van der Waals surface area contributed by atoms with Crippen LogP contribution >= 0.6 is 0 Å². The number of rotatable bonds is 2. The summed E-state index contributed by atoms with van der Waals surface area (Å²) in [5.41, 5.74) is 1.78. The highest BCUT2D eigenvalue weighted by atomic mass is 19.1. The minimum absolute atomic E-state index is 0.181. The average Bonchev–Trinajstić information content (AvgIpc) is 2.63. The van der Waals surface area contributed by atoms with Gasteiger partial charge in [0, 0.05) is 6.54 Å². The van der Waals surface area contributed by atoms with Crippen molar-refractivity contribution in [3.05, 3.63) is 29.1 Å². The summed E-state index contributed by atoms with van der Waals surface area (Å²) < 4.78 is 13.3.